The van der Waals surface area contributed by atoms with Gasteiger partial charge in [0, 0.05) is 11.6 Å². The minimum absolute atomic E-state index is 0.171. The van der Waals surface area contributed by atoms with Crippen molar-refractivity contribution in [2.45, 2.75) is 36.6 Å². The van der Waals surface area contributed by atoms with E-state index in [4.69, 9.17) is 0 Å². The van der Waals surface area contributed by atoms with Crippen molar-refractivity contribution in [2.75, 3.05) is 0 Å². The van der Waals surface area contributed by atoms with Gasteiger partial charge in [-0.3, -0.25) is 4.98 Å². The van der Waals surface area contributed by atoms with Crippen molar-refractivity contribution < 1.29 is 0 Å². The van der Waals surface area contributed by atoms with Gasteiger partial charge in [0.05, 0.1) is 5.52 Å². The number of nitrogens with zero attached hydrogens (tertiary/aromatic N) is 1. The third-order valence-corrected chi connectivity index (χ3v) is 6.71. The molecule has 0 aliphatic rings. The summed E-state index contributed by atoms with van der Waals surface area (Å²) >= 11 is -0.171. The van der Waals surface area contributed by atoms with Gasteiger partial charge in [-0.2, -0.15) is 0 Å². The number of hydrogen-bond donors (Lipinski definition) is 0. The summed E-state index contributed by atoms with van der Waals surface area (Å²) in [5.74, 6) is 0. The van der Waals surface area contributed by atoms with Crippen LogP contribution >= 0.6 is 0 Å². The van der Waals surface area contributed by atoms with Crippen LogP contribution in [0.25, 0.3) is 10.9 Å². The third kappa shape index (κ3) is 4.90. The lowest BCUT2D eigenvalue weighted by atomic mass is 10.2. The highest BCUT2D eigenvalue weighted by Gasteiger charge is 2.05. The van der Waals surface area contributed by atoms with E-state index < -0.39 is 0 Å². The Hall–Kier alpha value is -0.838. The van der Waals surface area contributed by atoms with E-state index in [1.165, 1.54) is 21.2 Å². The second kappa shape index (κ2) is 8.28. The number of rotatable bonds is 3. The molecule has 2 aromatic rings. The number of hydrogen-bond acceptors (Lipinski definition) is 1. The molecule has 1 nitrogen and oxygen atoms in total. The zero-order valence-corrected chi connectivity index (χ0v) is 12.3. The fourth-order valence-corrected chi connectivity index (χ4v) is 3.61. The van der Waals surface area contributed by atoms with Crippen LogP contribution in [0.1, 0.15) is 20.8 Å². The van der Waals surface area contributed by atoms with E-state index in [-0.39, 0.29) is 14.1 Å². The van der Waals surface area contributed by atoms with Crippen molar-refractivity contribution in [1.29, 1.82) is 0 Å². The number of fused-ring (bicyclic) bond motifs is 1. The predicted molar refractivity (Wildman–Crippen MR) is 78.9 cm³/mol. The first-order valence-electron chi connectivity index (χ1n) is 6.61. The molecule has 0 bridgehead atoms. The van der Waals surface area contributed by atoms with Gasteiger partial charge in [-0.15, -0.1) is 0 Å². The van der Waals surface area contributed by atoms with Gasteiger partial charge in [0.25, 0.3) is 14.1 Å². The maximum absolute atomic E-state index is 4.18. The molecule has 90 valence electrons. The zero-order valence-electron chi connectivity index (χ0n) is 11.2. The van der Waals surface area contributed by atoms with E-state index in [1.807, 2.05) is 30.5 Å². The summed E-state index contributed by atoms with van der Waals surface area (Å²) in [7, 11) is 0. The van der Waals surface area contributed by atoms with Crippen LogP contribution in [0.2, 0.25) is 15.8 Å². The zero-order chi connectivity index (χ0) is 12.5. The maximum atomic E-state index is 4.18. The van der Waals surface area contributed by atoms with Gasteiger partial charge in [0.1, 0.15) is 0 Å². The molecule has 17 heavy (non-hydrogen) atoms. The summed E-state index contributed by atoms with van der Waals surface area (Å²) < 4.78 is 0. The topological polar surface area (TPSA) is 12.9 Å². The van der Waals surface area contributed by atoms with Crippen LogP contribution in [0.5, 0.6) is 0 Å². The van der Waals surface area contributed by atoms with E-state index in [0.717, 1.165) is 5.52 Å². The highest BCUT2D eigenvalue weighted by atomic mass is 27.2. The van der Waals surface area contributed by atoms with Gasteiger partial charge in [-0.05, 0) is 12.1 Å². The van der Waals surface area contributed by atoms with Crippen molar-refractivity contribution in [2.24, 2.45) is 0 Å². The maximum Gasteiger partial charge on any atom is 0.261 e. The number of pyridine rings is 1. The average molecular weight is 243 g/mol. The molecule has 0 unspecified atom stereocenters. The van der Waals surface area contributed by atoms with E-state index in [0.29, 0.717) is 0 Å². The van der Waals surface area contributed by atoms with Crippen molar-refractivity contribution in [3.05, 3.63) is 42.6 Å². The molecule has 0 N–H and O–H groups in total. The van der Waals surface area contributed by atoms with Crippen LogP contribution in [0.3, 0.4) is 0 Å². The number of para-hydroxylation sites is 1. The third-order valence-electron chi connectivity index (χ3n) is 3.24. The van der Waals surface area contributed by atoms with Gasteiger partial charge >= 0.3 is 0 Å². The summed E-state index contributed by atoms with van der Waals surface area (Å²) in [6.07, 6.45) is 1.81. The average Bonchev–Trinajstić information content (AvgIpc) is 2.42. The van der Waals surface area contributed by atoms with E-state index in [9.17, 15) is 0 Å². The lowest BCUT2D eigenvalue weighted by Crippen LogP contribution is -2.04. The van der Waals surface area contributed by atoms with Crippen LogP contribution in [0, 0.1) is 0 Å². The second-order valence-corrected chi connectivity index (χ2v) is 8.47. The molecule has 0 atom stereocenters. The Kier molecular flexibility index (Phi) is 6.93. The summed E-state index contributed by atoms with van der Waals surface area (Å²) in [6, 6.07) is 12.1. The molecule has 0 aliphatic heterocycles. The molecule has 0 radical (unpaired) electrons. The van der Waals surface area contributed by atoms with Gasteiger partial charge < -0.3 is 0 Å². The number of aromatic nitrogens is 1. The largest absolute Gasteiger partial charge is 0.261 e. The molecular weight excluding hydrogens is 221 g/mol. The molecule has 0 aliphatic carbocycles. The molecule has 0 fully saturated rings. The summed E-state index contributed by atoms with van der Waals surface area (Å²) in [5, 5.41) is 5.68. The fourth-order valence-electron chi connectivity index (χ4n) is 1.88. The van der Waals surface area contributed by atoms with Crippen molar-refractivity contribution in [1.82, 2.24) is 4.98 Å². The van der Waals surface area contributed by atoms with Crippen molar-refractivity contribution >= 4 is 25.1 Å². The van der Waals surface area contributed by atoms with Crippen LogP contribution in [0.15, 0.2) is 42.6 Å². The van der Waals surface area contributed by atoms with E-state index in [2.05, 4.69) is 37.9 Å². The van der Waals surface area contributed by atoms with Crippen molar-refractivity contribution in [3.63, 3.8) is 0 Å². The molecule has 0 saturated carbocycles. The minimum atomic E-state index is -0.171. The second-order valence-electron chi connectivity index (χ2n) is 4.29. The van der Waals surface area contributed by atoms with Crippen LogP contribution in [-0.2, 0) is 0 Å². The highest BCUT2D eigenvalue weighted by Crippen LogP contribution is 2.07. The first kappa shape index (κ1) is 14.2. The minimum Gasteiger partial charge on any atom is -0.256 e. The Morgan fingerprint density at radius 1 is 0.882 bits per heavy atom. The molecule has 0 amide bonds. The predicted octanol–water partition coefficient (Wildman–Crippen LogP) is 4.78. The Labute approximate surface area is 109 Å². The Bertz CT molecular complexity index is 353. The fraction of sp³-hybridized carbons (Fsp3) is 0.400. The van der Waals surface area contributed by atoms with Crippen LogP contribution in [0.4, 0.5) is 0 Å². The molecule has 2 heteroatoms. The summed E-state index contributed by atoms with van der Waals surface area (Å²) in [4.78, 5) is 4.18. The molecule has 1 aromatic carbocycles. The molecule has 0 saturated heterocycles. The summed E-state index contributed by atoms with van der Waals surface area (Å²) in [5.41, 5.74) is 1.06. The van der Waals surface area contributed by atoms with Gasteiger partial charge in [-0.1, -0.05) is 60.9 Å². The molecule has 1 aromatic heterocycles. The summed E-state index contributed by atoms with van der Waals surface area (Å²) in [6.45, 7) is 6.97. The van der Waals surface area contributed by atoms with Crippen molar-refractivity contribution in [3.8, 4) is 0 Å². The van der Waals surface area contributed by atoms with E-state index >= 15 is 0 Å². The molecule has 0 spiro atoms. The standard InChI is InChI=1S/C9H7N.3C2H5.Al/c1-2-6-9-8(4-1)5-3-7-10-9;3*1-2;/h1-7H;3*1H2,2H3;. The Morgan fingerprint density at radius 3 is 2.00 bits per heavy atom. The SMILES string of the molecule is C[CH2][Al]([CH2]C)[CH2]C.c1ccc2ncccc2c1. The van der Waals surface area contributed by atoms with Gasteiger partial charge in [0.15, 0.2) is 0 Å². The lowest BCUT2D eigenvalue weighted by Gasteiger charge is -1.97. The van der Waals surface area contributed by atoms with E-state index in [1.54, 1.807) is 0 Å². The lowest BCUT2D eigenvalue weighted by molar-refractivity contribution is 1.24. The first-order valence-corrected chi connectivity index (χ1v) is 9.06. The molecule has 1 heterocycles. The molecular formula is C15H22AlN. The normalized spacial score (nSPS) is 9.59. The quantitative estimate of drug-likeness (QED) is 0.707. The first-order chi connectivity index (χ1) is 8.31. The van der Waals surface area contributed by atoms with Gasteiger partial charge in [-0.25, -0.2) is 0 Å². The monoisotopic (exact) mass is 243 g/mol. The smallest absolute Gasteiger partial charge is 0.256 e. The Balaban J connectivity index is 0.000000185. The van der Waals surface area contributed by atoms with Crippen LogP contribution < -0.4 is 0 Å². The van der Waals surface area contributed by atoms with Gasteiger partial charge in [0.2, 0.25) is 0 Å². The molecule has 2 rings (SSSR count). The van der Waals surface area contributed by atoms with Crippen LogP contribution in [-0.4, -0.2) is 19.1 Å². The number of benzene rings is 1. The highest BCUT2D eigenvalue weighted by molar-refractivity contribution is 6.58. The Morgan fingerprint density at radius 2 is 1.47 bits per heavy atom.